The molecule has 0 fully saturated rings. The molecule has 0 bridgehead atoms. The molecule has 3 N–H and O–H groups in total. The zero-order valence-electron chi connectivity index (χ0n) is 13.8. The molecule has 0 saturated carbocycles. The molecule has 0 aliphatic carbocycles. The zero-order chi connectivity index (χ0) is 19.4. The van der Waals surface area contributed by atoms with E-state index in [1.165, 1.54) is 12.1 Å². The van der Waals surface area contributed by atoms with Crippen LogP contribution < -0.4 is 15.0 Å². The van der Waals surface area contributed by atoms with Gasteiger partial charge in [-0.15, -0.1) is 0 Å². The molecule has 10 heteroatoms. The van der Waals surface area contributed by atoms with Gasteiger partial charge in [0.15, 0.2) is 0 Å². The number of sulfonamides is 1. The lowest BCUT2D eigenvalue weighted by atomic mass is 10.2. The highest BCUT2D eigenvalue weighted by molar-refractivity contribution is 7.89. The van der Waals surface area contributed by atoms with Crippen molar-refractivity contribution in [2.75, 3.05) is 18.4 Å². The molecule has 0 amide bonds. The number of benzene rings is 1. The van der Waals surface area contributed by atoms with Gasteiger partial charge in [-0.3, -0.25) is 5.32 Å². The van der Waals surface area contributed by atoms with Gasteiger partial charge < -0.3 is 0 Å². The first-order valence-corrected chi connectivity index (χ1v) is 9.60. The Labute approximate surface area is 154 Å². The number of aromatic nitrogens is 1. The lowest BCUT2D eigenvalue weighted by molar-refractivity contribution is -0.364. The van der Waals surface area contributed by atoms with Crippen LogP contribution in [0, 0.1) is 0 Å². The van der Waals surface area contributed by atoms with Crippen LogP contribution in [-0.4, -0.2) is 21.5 Å². The van der Waals surface area contributed by atoms with Gasteiger partial charge in [0.2, 0.25) is 10.0 Å². The van der Waals surface area contributed by atoms with Crippen molar-refractivity contribution in [1.29, 1.82) is 0 Å². The Morgan fingerprint density at radius 1 is 1.15 bits per heavy atom. The first kappa shape index (κ1) is 20.5. The van der Waals surface area contributed by atoms with E-state index in [1.54, 1.807) is 12.1 Å². The van der Waals surface area contributed by atoms with Crippen LogP contribution in [0.2, 0.25) is 5.02 Å². The van der Waals surface area contributed by atoms with Crippen LogP contribution in [0.25, 0.3) is 0 Å². The van der Waals surface area contributed by atoms with E-state index in [0.717, 1.165) is 24.2 Å². The topological polar surface area (TPSA) is 72.3 Å². The first-order chi connectivity index (χ1) is 12.1. The minimum absolute atomic E-state index is 0.0308. The maximum absolute atomic E-state index is 12.6. The van der Waals surface area contributed by atoms with Crippen LogP contribution >= 0.6 is 11.6 Å². The van der Waals surface area contributed by atoms with E-state index in [9.17, 15) is 21.6 Å². The predicted octanol–water partition coefficient (Wildman–Crippen LogP) is 3.13. The van der Waals surface area contributed by atoms with Gasteiger partial charge in [-0.05, 0) is 30.2 Å². The van der Waals surface area contributed by atoms with Gasteiger partial charge in [-0.1, -0.05) is 30.7 Å². The molecule has 1 aromatic heterocycles. The molecule has 2 aromatic rings. The molecule has 1 aromatic carbocycles. The monoisotopic (exact) mass is 408 g/mol. The molecular formula is C16H18ClF3N3O2S+. The van der Waals surface area contributed by atoms with E-state index in [1.807, 2.05) is 6.92 Å². The van der Waals surface area contributed by atoms with Crippen LogP contribution in [0.4, 0.5) is 19.0 Å². The summed E-state index contributed by atoms with van der Waals surface area (Å²) in [5, 5.41) is 2.61. The van der Waals surface area contributed by atoms with Crippen molar-refractivity contribution >= 4 is 27.4 Å². The number of hydrogen-bond acceptors (Lipinski definition) is 3. The number of hydrogen-bond donors (Lipinski definition) is 2. The highest BCUT2D eigenvalue weighted by Crippen LogP contribution is 2.31. The number of aryl methyl sites for hydroxylation is 1. The molecule has 1 heterocycles. The Balaban J connectivity index is 1.91. The second-order valence-corrected chi connectivity index (χ2v) is 7.61. The second kappa shape index (κ2) is 8.24. The fourth-order valence-electron chi connectivity index (χ4n) is 2.13. The summed E-state index contributed by atoms with van der Waals surface area (Å²) in [5.41, 5.74) is 0.127. The summed E-state index contributed by atoms with van der Waals surface area (Å²) in [6, 6.07) is 7.32. The molecule has 0 spiro atoms. The number of alkyl halides is 3. The molecule has 5 nitrogen and oxygen atoms in total. The average molecular weight is 409 g/mol. The van der Waals surface area contributed by atoms with Crippen LogP contribution in [0.5, 0.6) is 0 Å². The van der Waals surface area contributed by atoms with Crippen LogP contribution in [0.15, 0.2) is 41.4 Å². The maximum Gasteiger partial charge on any atom is 0.419 e. The summed E-state index contributed by atoms with van der Waals surface area (Å²) < 4.78 is 64.5. The van der Waals surface area contributed by atoms with Gasteiger partial charge in [0.25, 0.3) is 5.82 Å². The van der Waals surface area contributed by atoms with Crippen molar-refractivity contribution in [2.24, 2.45) is 0 Å². The van der Waals surface area contributed by atoms with Crippen LogP contribution in [-0.2, 0) is 22.6 Å². The SMILES string of the molecule is CCc1ccc(S(=O)(=O)NCCNc2[nH+]cc(C(F)(F)F)cc2Cl)cc1. The summed E-state index contributed by atoms with van der Waals surface area (Å²) in [6.07, 6.45) is -2.91. The van der Waals surface area contributed by atoms with Gasteiger partial charge in [0.05, 0.1) is 17.0 Å². The van der Waals surface area contributed by atoms with E-state index in [0.29, 0.717) is 0 Å². The van der Waals surface area contributed by atoms with Crippen molar-refractivity contribution in [3.63, 3.8) is 0 Å². The summed E-state index contributed by atoms with van der Waals surface area (Å²) >= 11 is 5.80. The molecule has 0 aliphatic heterocycles. The Kier molecular flexibility index (Phi) is 6.48. The Morgan fingerprint density at radius 3 is 2.35 bits per heavy atom. The molecule has 0 atom stereocenters. The summed E-state index contributed by atoms with van der Waals surface area (Å²) in [6.45, 7) is 2.13. The number of H-pyrrole nitrogens is 1. The van der Waals surface area contributed by atoms with E-state index in [4.69, 9.17) is 11.6 Å². The highest BCUT2D eigenvalue weighted by atomic mass is 35.5. The van der Waals surface area contributed by atoms with Crippen molar-refractivity contribution in [3.8, 4) is 0 Å². The van der Waals surface area contributed by atoms with Gasteiger partial charge in [0.1, 0.15) is 11.2 Å². The molecule has 0 saturated heterocycles. The lowest BCUT2D eigenvalue weighted by Gasteiger charge is -2.08. The summed E-state index contributed by atoms with van der Waals surface area (Å²) in [5.74, 6) is 0.172. The smallest absolute Gasteiger partial charge is 0.272 e. The first-order valence-electron chi connectivity index (χ1n) is 7.74. The maximum atomic E-state index is 12.6. The van der Waals surface area contributed by atoms with E-state index < -0.39 is 21.8 Å². The van der Waals surface area contributed by atoms with E-state index in [2.05, 4.69) is 15.0 Å². The number of halogens is 4. The number of rotatable bonds is 7. The number of aromatic amines is 1. The second-order valence-electron chi connectivity index (χ2n) is 5.43. The molecule has 26 heavy (non-hydrogen) atoms. The molecule has 0 radical (unpaired) electrons. The summed E-state index contributed by atoms with van der Waals surface area (Å²) in [7, 11) is -3.66. The summed E-state index contributed by atoms with van der Waals surface area (Å²) in [4.78, 5) is 2.56. The Hall–Kier alpha value is -1.84. The molecule has 142 valence electrons. The third kappa shape index (κ3) is 5.33. The predicted molar refractivity (Wildman–Crippen MR) is 92.5 cm³/mol. The van der Waals surface area contributed by atoms with Gasteiger partial charge in [-0.25, -0.2) is 18.1 Å². The van der Waals surface area contributed by atoms with Gasteiger partial charge in [-0.2, -0.15) is 13.2 Å². The Morgan fingerprint density at radius 2 is 1.81 bits per heavy atom. The largest absolute Gasteiger partial charge is 0.419 e. The van der Waals surface area contributed by atoms with Crippen molar-refractivity contribution in [2.45, 2.75) is 24.4 Å². The molecule has 0 aliphatic rings. The quantitative estimate of drug-likeness (QED) is 0.691. The van der Waals surface area contributed by atoms with Crippen molar-refractivity contribution in [1.82, 2.24) is 4.72 Å². The number of nitrogens with one attached hydrogen (secondary N) is 3. The standard InChI is InChI=1S/C16H17ClF3N3O2S/c1-2-11-3-5-13(6-4-11)26(24,25)23-8-7-21-15-14(17)9-12(10-22-15)16(18,19)20/h3-6,9-10,23H,2,7-8H2,1H3,(H,21,22)/p+1. The zero-order valence-corrected chi connectivity index (χ0v) is 15.4. The van der Waals surface area contributed by atoms with Crippen molar-refractivity contribution < 1.29 is 26.6 Å². The van der Waals surface area contributed by atoms with Crippen LogP contribution in [0.3, 0.4) is 0 Å². The minimum Gasteiger partial charge on any atom is -0.272 e. The molecule has 2 rings (SSSR count). The van der Waals surface area contributed by atoms with Gasteiger partial charge >= 0.3 is 6.18 Å². The Bertz CT molecular complexity index is 856. The lowest BCUT2D eigenvalue weighted by Crippen LogP contribution is -2.30. The molecular weight excluding hydrogens is 391 g/mol. The third-order valence-corrected chi connectivity index (χ3v) is 5.36. The average Bonchev–Trinajstić information content (AvgIpc) is 2.59. The van der Waals surface area contributed by atoms with Gasteiger partial charge in [0, 0.05) is 6.54 Å². The van der Waals surface area contributed by atoms with E-state index in [-0.39, 0.29) is 28.8 Å². The van der Waals surface area contributed by atoms with E-state index >= 15 is 0 Å². The number of pyridine rings is 1. The highest BCUT2D eigenvalue weighted by Gasteiger charge is 2.32. The van der Waals surface area contributed by atoms with Crippen LogP contribution in [0.1, 0.15) is 18.1 Å². The normalized spacial score (nSPS) is 12.2. The fraction of sp³-hybridized carbons (Fsp3) is 0.312. The third-order valence-electron chi connectivity index (χ3n) is 3.58. The van der Waals surface area contributed by atoms with Crippen molar-refractivity contribution in [3.05, 3.63) is 52.7 Å². The molecule has 0 unspecified atom stereocenters. The number of anilines is 1. The fourth-order valence-corrected chi connectivity index (χ4v) is 3.40. The minimum atomic E-state index is -4.50.